The van der Waals surface area contributed by atoms with Gasteiger partial charge in [-0.1, -0.05) is 18.2 Å². The van der Waals surface area contributed by atoms with Gasteiger partial charge in [0.05, 0.1) is 5.69 Å². The quantitative estimate of drug-likeness (QED) is 0.662. The fourth-order valence-corrected chi connectivity index (χ4v) is 1.58. The summed E-state index contributed by atoms with van der Waals surface area (Å²) in [5.41, 5.74) is 0.901. The van der Waals surface area contributed by atoms with Crippen molar-refractivity contribution >= 4 is 17.4 Å². The first-order chi connectivity index (χ1) is 6.79. The molecule has 0 N–H and O–H groups in total. The average molecular weight is 188 g/mol. The molecular formula is C11H12N2O. The van der Waals surface area contributed by atoms with Crippen LogP contribution in [0.3, 0.4) is 0 Å². The normalized spacial score (nSPS) is 16.8. The van der Waals surface area contributed by atoms with Crippen LogP contribution in [0.25, 0.3) is 0 Å². The first-order valence-electron chi connectivity index (χ1n) is 4.68. The highest BCUT2D eigenvalue weighted by Crippen LogP contribution is 2.17. The van der Waals surface area contributed by atoms with Crippen LogP contribution in [-0.2, 0) is 4.79 Å². The third kappa shape index (κ3) is 1.53. The average Bonchev–Trinajstić information content (AvgIpc) is 2.19. The van der Waals surface area contributed by atoms with E-state index < -0.39 is 0 Å². The molecule has 14 heavy (non-hydrogen) atoms. The molecule has 0 saturated heterocycles. The van der Waals surface area contributed by atoms with Crippen LogP contribution in [0, 0.1) is 0 Å². The van der Waals surface area contributed by atoms with Crippen LogP contribution in [0.5, 0.6) is 0 Å². The van der Waals surface area contributed by atoms with Gasteiger partial charge in [-0.15, -0.1) is 0 Å². The maximum atomic E-state index is 11.7. The van der Waals surface area contributed by atoms with Crippen LogP contribution in [-0.4, -0.2) is 18.3 Å². The molecule has 2 rings (SSSR count). The Labute approximate surface area is 83.1 Å². The molecule has 0 saturated carbocycles. The summed E-state index contributed by atoms with van der Waals surface area (Å²) < 4.78 is 0. The largest absolute Gasteiger partial charge is 0.274 e. The van der Waals surface area contributed by atoms with Crippen LogP contribution >= 0.6 is 0 Å². The van der Waals surface area contributed by atoms with Gasteiger partial charge < -0.3 is 0 Å². The topological polar surface area (TPSA) is 32.7 Å². The maximum Gasteiger partial charge on any atom is 0.234 e. The first kappa shape index (κ1) is 8.94. The minimum Gasteiger partial charge on any atom is -0.274 e. The third-order valence-electron chi connectivity index (χ3n) is 2.25. The lowest BCUT2D eigenvalue weighted by Gasteiger charge is -2.25. The molecule has 1 amide bonds. The minimum absolute atomic E-state index is 0.128. The van der Waals surface area contributed by atoms with Gasteiger partial charge >= 0.3 is 0 Å². The second kappa shape index (κ2) is 3.62. The number of para-hydroxylation sites is 1. The van der Waals surface area contributed by atoms with Crippen LogP contribution < -0.4 is 4.90 Å². The molecule has 1 aromatic rings. The summed E-state index contributed by atoms with van der Waals surface area (Å²) in [5.74, 6) is 0.913. The zero-order valence-corrected chi connectivity index (χ0v) is 8.10. The van der Waals surface area contributed by atoms with Gasteiger partial charge in [-0.3, -0.25) is 14.7 Å². The number of anilines is 1. The van der Waals surface area contributed by atoms with Gasteiger partial charge in [-0.2, -0.15) is 0 Å². The molecule has 0 bridgehead atoms. The monoisotopic (exact) mass is 188 g/mol. The second-order valence-corrected chi connectivity index (χ2v) is 3.24. The molecule has 0 aliphatic carbocycles. The predicted octanol–water partition coefficient (Wildman–Crippen LogP) is 1.84. The number of hydrogen-bond donors (Lipinski definition) is 0. The van der Waals surface area contributed by atoms with Gasteiger partial charge in [0.1, 0.15) is 5.84 Å². The molecule has 1 aromatic carbocycles. The number of aliphatic imine (C=N–C) groups is 1. The van der Waals surface area contributed by atoms with Crippen molar-refractivity contribution < 1.29 is 4.79 Å². The van der Waals surface area contributed by atoms with Crippen molar-refractivity contribution in [3.05, 3.63) is 30.3 Å². The zero-order chi connectivity index (χ0) is 9.97. The molecular weight excluding hydrogens is 176 g/mol. The van der Waals surface area contributed by atoms with Gasteiger partial charge in [0.25, 0.3) is 0 Å². The van der Waals surface area contributed by atoms with Crippen molar-refractivity contribution in [2.75, 3.05) is 11.4 Å². The minimum atomic E-state index is 0.128. The van der Waals surface area contributed by atoms with Crippen molar-refractivity contribution in [2.45, 2.75) is 13.3 Å². The van der Waals surface area contributed by atoms with Crippen LogP contribution in [0.15, 0.2) is 35.3 Å². The van der Waals surface area contributed by atoms with E-state index in [2.05, 4.69) is 4.99 Å². The Hall–Kier alpha value is -1.64. The van der Waals surface area contributed by atoms with E-state index in [1.54, 1.807) is 4.90 Å². The van der Waals surface area contributed by atoms with E-state index in [1.165, 1.54) is 0 Å². The van der Waals surface area contributed by atoms with Gasteiger partial charge in [-0.05, 0) is 19.1 Å². The summed E-state index contributed by atoms with van der Waals surface area (Å²) in [6.07, 6.45) is 0.506. The van der Waals surface area contributed by atoms with E-state index >= 15 is 0 Å². The number of nitrogens with zero attached hydrogens (tertiary/aromatic N) is 2. The summed E-state index contributed by atoms with van der Waals surface area (Å²) in [5, 5.41) is 0. The molecule has 72 valence electrons. The molecule has 0 atom stereocenters. The van der Waals surface area contributed by atoms with E-state index in [9.17, 15) is 4.79 Å². The Bertz CT molecular complexity index is 370. The number of carbonyl (C=O) groups excluding carboxylic acids is 1. The molecule has 1 aliphatic heterocycles. The van der Waals surface area contributed by atoms with Crippen molar-refractivity contribution in [1.29, 1.82) is 0 Å². The fourth-order valence-electron chi connectivity index (χ4n) is 1.58. The number of carbonyl (C=O) groups is 1. The van der Waals surface area contributed by atoms with Gasteiger partial charge in [0, 0.05) is 13.0 Å². The highest BCUT2D eigenvalue weighted by atomic mass is 16.2. The Balaban J connectivity index is 2.37. The molecule has 0 aromatic heterocycles. The smallest absolute Gasteiger partial charge is 0.234 e. The Morgan fingerprint density at radius 1 is 1.29 bits per heavy atom. The maximum absolute atomic E-state index is 11.7. The molecule has 1 aliphatic rings. The molecule has 0 spiro atoms. The second-order valence-electron chi connectivity index (χ2n) is 3.24. The van der Waals surface area contributed by atoms with Gasteiger partial charge in [-0.25, -0.2) is 0 Å². The Kier molecular flexibility index (Phi) is 2.31. The molecule has 0 radical (unpaired) electrons. The van der Waals surface area contributed by atoms with E-state index in [1.807, 2.05) is 37.3 Å². The number of benzene rings is 1. The van der Waals surface area contributed by atoms with Gasteiger partial charge in [0.15, 0.2) is 0 Å². The van der Waals surface area contributed by atoms with Crippen molar-refractivity contribution in [1.82, 2.24) is 0 Å². The highest BCUT2D eigenvalue weighted by Gasteiger charge is 2.21. The molecule has 3 nitrogen and oxygen atoms in total. The standard InChI is InChI=1S/C11H12N2O/c1-9-12-8-7-11(14)13(9)10-5-3-2-4-6-10/h2-6H,7-8H2,1H3. The number of amides is 1. The third-order valence-corrected chi connectivity index (χ3v) is 2.25. The molecule has 0 unspecified atom stereocenters. The van der Waals surface area contributed by atoms with Crippen LogP contribution in [0.2, 0.25) is 0 Å². The van der Waals surface area contributed by atoms with E-state index in [0.717, 1.165) is 11.5 Å². The van der Waals surface area contributed by atoms with Gasteiger partial charge in [0.2, 0.25) is 5.91 Å². The molecule has 0 fully saturated rings. The summed E-state index contributed by atoms with van der Waals surface area (Å²) in [4.78, 5) is 17.6. The van der Waals surface area contributed by atoms with E-state index in [4.69, 9.17) is 0 Å². The van der Waals surface area contributed by atoms with Crippen LogP contribution in [0.1, 0.15) is 13.3 Å². The SMILES string of the molecule is CC1=NCCC(=O)N1c1ccccc1. The first-order valence-corrected chi connectivity index (χ1v) is 4.68. The summed E-state index contributed by atoms with van der Waals surface area (Å²) >= 11 is 0. The summed E-state index contributed by atoms with van der Waals surface area (Å²) in [6.45, 7) is 2.48. The number of hydrogen-bond acceptors (Lipinski definition) is 2. The number of amidine groups is 1. The lowest BCUT2D eigenvalue weighted by atomic mass is 10.2. The Morgan fingerprint density at radius 2 is 2.00 bits per heavy atom. The summed E-state index contributed by atoms with van der Waals surface area (Å²) in [7, 11) is 0. The van der Waals surface area contributed by atoms with Crippen molar-refractivity contribution in [3.63, 3.8) is 0 Å². The van der Waals surface area contributed by atoms with Crippen molar-refractivity contribution in [3.8, 4) is 0 Å². The number of rotatable bonds is 1. The predicted molar refractivity (Wildman–Crippen MR) is 56.5 cm³/mol. The van der Waals surface area contributed by atoms with Crippen LogP contribution in [0.4, 0.5) is 5.69 Å². The van der Waals surface area contributed by atoms with Crippen molar-refractivity contribution in [2.24, 2.45) is 4.99 Å². The Morgan fingerprint density at radius 3 is 2.64 bits per heavy atom. The zero-order valence-electron chi connectivity index (χ0n) is 8.10. The van der Waals surface area contributed by atoms with E-state index in [-0.39, 0.29) is 5.91 Å². The van der Waals surface area contributed by atoms with E-state index in [0.29, 0.717) is 13.0 Å². The summed E-state index contributed by atoms with van der Waals surface area (Å²) in [6, 6.07) is 9.61. The molecule has 3 heteroatoms. The highest BCUT2D eigenvalue weighted by molar-refractivity contribution is 6.17. The lowest BCUT2D eigenvalue weighted by Crippen LogP contribution is -2.38. The molecule has 1 heterocycles. The lowest BCUT2D eigenvalue weighted by molar-refractivity contribution is -0.117. The fraction of sp³-hybridized carbons (Fsp3) is 0.273.